The maximum atomic E-state index is 12.8. The van der Waals surface area contributed by atoms with Crippen LogP contribution in [0.5, 0.6) is 0 Å². The monoisotopic (exact) mass is 431 g/mol. The second-order valence-electron chi connectivity index (χ2n) is 6.99. The number of rotatable bonds is 3. The number of likely N-dealkylation sites (tertiary alicyclic amines) is 1. The van der Waals surface area contributed by atoms with Gasteiger partial charge in [-0.3, -0.25) is 14.4 Å². The highest BCUT2D eigenvalue weighted by atomic mass is 79.9. The van der Waals surface area contributed by atoms with Crippen molar-refractivity contribution in [3.8, 4) is 0 Å². The molecule has 1 saturated heterocycles. The van der Waals surface area contributed by atoms with Crippen LogP contribution in [-0.2, 0) is 7.05 Å². The molecule has 6 nitrogen and oxygen atoms in total. The molecule has 0 bridgehead atoms. The third-order valence-corrected chi connectivity index (χ3v) is 5.38. The van der Waals surface area contributed by atoms with Crippen LogP contribution in [0.15, 0.2) is 45.8 Å². The van der Waals surface area contributed by atoms with Crippen molar-refractivity contribution < 1.29 is 9.59 Å². The first-order valence-electron chi connectivity index (χ1n) is 8.92. The van der Waals surface area contributed by atoms with E-state index in [4.69, 9.17) is 0 Å². The number of aryl methyl sites for hydroxylation is 1. The van der Waals surface area contributed by atoms with E-state index in [1.165, 1.54) is 16.8 Å². The number of piperidine rings is 1. The van der Waals surface area contributed by atoms with E-state index in [2.05, 4.69) is 28.2 Å². The van der Waals surface area contributed by atoms with Crippen molar-refractivity contribution in [2.45, 2.75) is 19.8 Å². The Morgan fingerprint density at radius 3 is 2.37 bits per heavy atom. The number of hydrogen-bond acceptors (Lipinski definition) is 3. The van der Waals surface area contributed by atoms with E-state index in [-0.39, 0.29) is 17.2 Å². The van der Waals surface area contributed by atoms with Gasteiger partial charge in [0.05, 0.1) is 5.56 Å². The summed E-state index contributed by atoms with van der Waals surface area (Å²) in [6.07, 6.45) is 3.48. The number of pyridine rings is 1. The molecule has 1 aromatic heterocycles. The van der Waals surface area contributed by atoms with E-state index in [0.29, 0.717) is 30.1 Å². The number of amides is 2. The highest BCUT2D eigenvalue weighted by molar-refractivity contribution is 9.10. The summed E-state index contributed by atoms with van der Waals surface area (Å²) in [5.74, 6) is 0.113. The maximum Gasteiger partial charge on any atom is 0.274 e. The van der Waals surface area contributed by atoms with E-state index >= 15 is 0 Å². The minimum Gasteiger partial charge on any atom is -0.339 e. The molecule has 0 spiro atoms. The van der Waals surface area contributed by atoms with Gasteiger partial charge in [-0.25, -0.2) is 0 Å². The van der Waals surface area contributed by atoms with Gasteiger partial charge in [0.1, 0.15) is 5.69 Å². The molecular formula is C20H22BrN3O3. The molecule has 0 unspecified atom stereocenters. The molecule has 1 fully saturated rings. The largest absolute Gasteiger partial charge is 0.339 e. The normalized spacial score (nSPS) is 14.9. The fourth-order valence-corrected chi connectivity index (χ4v) is 3.37. The number of carbonyl (C=O) groups is 2. The van der Waals surface area contributed by atoms with Crippen LogP contribution in [0.4, 0.5) is 5.69 Å². The third-order valence-electron chi connectivity index (χ3n) is 4.86. The minimum atomic E-state index is -0.393. The molecule has 0 saturated carbocycles. The minimum absolute atomic E-state index is 0.0987. The number of halogens is 1. The SMILES string of the molecule is CC1CCN(C(=O)c2cc(NC(=O)c3ccc(Br)cc3)c(=O)n(C)c2)CC1. The number of anilines is 1. The predicted octanol–water partition coefficient (Wildman–Crippen LogP) is 3.27. The molecule has 3 rings (SSSR count). The second kappa shape index (κ2) is 8.08. The van der Waals surface area contributed by atoms with Crippen LogP contribution in [0, 0.1) is 5.92 Å². The number of carbonyl (C=O) groups excluding carboxylic acids is 2. The van der Waals surface area contributed by atoms with Gasteiger partial charge >= 0.3 is 0 Å². The molecule has 1 N–H and O–H groups in total. The average Bonchev–Trinajstić information content (AvgIpc) is 2.65. The Kier molecular flexibility index (Phi) is 5.79. The van der Waals surface area contributed by atoms with Crippen molar-refractivity contribution in [3.63, 3.8) is 0 Å². The van der Waals surface area contributed by atoms with Crippen molar-refractivity contribution in [1.82, 2.24) is 9.47 Å². The fraction of sp³-hybridized carbons (Fsp3) is 0.350. The number of aromatic nitrogens is 1. The number of benzene rings is 1. The summed E-state index contributed by atoms with van der Waals surface area (Å²) in [5, 5.41) is 2.63. The highest BCUT2D eigenvalue weighted by Gasteiger charge is 2.23. The molecule has 7 heteroatoms. The van der Waals surface area contributed by atoms with Crippen LogP contribution in [0.25, 0.3) is 0 Å². The summed E-state index contributed by atoms with van der Waals surface area (Å²) >= 11 is 3.32. The lowest BCUT2D eigenvalue weighted by atomic mass is 9.99. The molecule has 1 aliphatic rings. The van der Waals surface area contributed by atoms with Crippen molar-refractivity contribution >= 4 is 33.4 Å². The van der Waals surface area contributed by atoms with Crippen LogP contribution in [0.1, 0.15) is 40.5 Å². The molecule has 1 aliphatic heterocycles. The number of nitrogens with zero attached hydrogens (tertiary/aromatic N) is 2. The molecule has 0 radical (unpaired) electrons. The van der Waals surface area contributed by atoms with Gasteiger partial charge in [0, 0.05) is 36.4 Å². The molecule has 27 heavy (non-hydrogen) atoms. The lowest BCUT2D eigenvalue weighted by Crippen LogP contribution is -2.38. The molecular weight excluding hydrogens is 410 g/mol. The van der Waals surface area contributed by atoms with Crippen LogP contribution in [-0.4, -0.2) is 34.4 Å². The molecule has 0 aliphatic carbocycles. The second-order valence-corrected chi connectivity index (χ2v) is 7.91. The van der Waals surface area contributed by atoms with Gasteiger partial charge < -0.3 is 14.8 Å². The first-order valence-corrected chi connectivity index (χ1v) is 9.71. The first kappa shape index (κ1) is 19.4. The zero-order valence-corrected chi connectivity index (χ0v) is 17.0. The van der Waals surface area contributed by atoms with Gasteiger partial charge in [0.25, 0.3) is 17.4 Å². The number of hydrogen-bond donors (Lipinski definition) is 1. The first-order chi connectivity index (χ1) is 12.8. The van der Waals surface area contributed by atoms with Crippen LogP contribution in [0.3, 0.4) is 0 Å². The summed E-state index contributed by atoms with van der Waals surface area (Å²) in [5.41, 5.74) is 0.575. The predicted molar refractivity (Wildman–Crippen MR) is 108 cm³/mol. The molecule has 2 heterocycles. The smallest absolute Gasteiger partial charge is 0.274 e. The topological polar surface area (TPSA) is 71.4 Å². The summed E-state index contributed by atoms with van der Waals surface area (Å²) in [6.45, 7) is 3.61. The number of nitrogens with one attached hydrogen (secondary N) is 1. The Morgan fingerprint density at radius 1 is 1.11 bits per heavy atom. The van der Waals surface area contributed by atoms with E-state index in [0.717, 1.165) is 17.3 Å². The molecule has 0 atom stereocenters. The van der Waals surface area contributed by atoms with E-state index in [9.17, 15) is 14.4 Å². The molecule has 2 aromatic rings. The molecule has 2 amide bonds. The van der Waals surface area contributed by atoms with Crippen LogP contribution >= 0.6 is 15.9 Å². The van der Waals surface area contributed by atoms with Gasteiger partial charge in [0.15, 0.2) is 0 Å². The lowest BCUT2D eigenvalue weighted by Gasteiger charge is -2.30. The Bertz CT molecular complexity index is 913. The van der Waals surface area contributed by atoms with Crippen molar-refractivity contribution in [2.75, 3.05) is 18.4 Å². The Morgan fingerprint density at radius 2 is 1.74 bits per heavy atom. The Labute approximate surface area is 166 Å². The average molecular weight is 432 g/mol. The summed E-state index contributed by atoms with van der Waals surface area (Å²) in [7, 11) is 1.58. The molecule has 1 aromatic carbocycles. The van der Waals surface area contributed by atoms with Gasteiger partial charge in [-0.1, -0.05) is 22.9 Å². The zero-order chi connectivity index (χ0) is 19.6. The third kappa shape index (κ3) is 4.47. The summed E-state index contributed by atoms with van der Waals surface area (Å²) in [4.78, 5) is 39.5. The maximum absolute atomic E-state index is 12.8. The van der Waals surface area contributed by atoms with Gasteiger partial charge in [-0.05, 0) is 49.1 Å². The highest BCUT2D eigenvalue weighted by Crippen LogP contribution is 2.19. The standard InChI is InChI=1S/C20H22BrN3O3/c1-13-7-9-24(10-8-13)19(26)15-11-17(20(27)23(2)12-15)22-18(25)14-3-5-16(21)6-4-14/h3-6,11-13H,7-10H2,1-2H3,(H,22,25). The van der Waals surface area contributed by atoms with E-state index < -0.39 is 5.91 Å². The quantitative estimate of drug-likeness (QED) is 0.810. The Balaban J connectivity index is 1.83. The van der Waals surface area contributed by atoms with Crippen LogP contribution in [0.2, 0.25) is 0 Å². The van der Waals surface area contributed by atoms with Gasteiger partial charge in [0.2, 0.25) is 0 Å². The van der Waals surface area contributed by atoms with E-state index in [1.807, 2.05) is 0 Å². The van der Waals surface area contributed by atoms with Gasteiger partial charge in [-0.2, -0.15) is 0 Å². The van der Waals surface area contributed by atoms with Crippen LogP contribution < -0.4 is 10.9 Å². The van der Waals surface area contributed by atoms with Crippen molar-refractivity contribution in [1.29, 1.82) is 0 Å². The Hall–Kier alpha value is -2.41. The molecule has 142 valence electrons. The lowest BCUT2D eigenvalue weighted by molar-refractivity contribution is 0.0696. The zero-order valence-electron chi connectivity index (χ0n) is 15.4. The van der Waals surface area contributed by atoms with Crippen molar-refractivity contribution in [2.24, 2.45) is 13.0 Å². The summed E-state index contributed by atoms with van der Waals surface area (Å²) in [6, 6.07) is 8.30. The van der Waals surface area contributed by atoms with Crippen molar-refractivity contribution in [3.05, 3.63) is 62.5 Å². The fourth-order valence-electron chi connectivity index (χ4n) is 3.11. The summed E-state index contributed by atoms with van der Waals surface area (Å²) < 4.78 is 2.19. The van der Waals surface area contributed by atoms with E-state index in [1.54, 1.807) is 36.2 Å². The van der Waals surface area contributed by atoms with Gasteiger partial charge in [-0.15, -0.1) is 0 Å².